The molecule has 0 radical (unpaired) electrons. The quantitative estimate of drug-likeness (QED) is 0.353. The summed E-state index contributed by atoms with van der Waals surface area (Å²) in [5.41, 5.74) is 1.23. The summed E-state index contributed by atoms with van der Waals surface area (Å²) in [5, 5.41) is 0. The molecule has 0 aromatic heterocycles. The van der Waals surface area contributed by atoms with Gasteiger partial charge in [0.1, 0.15) is 0 Å². The van der Waals surface area contributed by atoms with Crippen LogP contribution in [0.4, 0.5) is 5.69 Å². The maximum absolute atomic E-state index is 14.0. The molecule has 2 amide bonds. The first kappa shape index (κ1) is 22.1. The molecule has 3 aromatic rings. The normalized spacial score (nSPS) is 24.4. The average molecular weight is 530 g/mol. The van der Waals surface area contributed by atoms with E-state index in [0.717, 1.165) is 20.5 Å². The smallest absolute Gasteiger partial charge is 0.241 e. The first-order chi connectivity index (χ1) is 16.7. The topological polar surface area (TPSA) is 80.8 Å². The highest BCUT2D eigenvalue weighted by molar-refractivity contribution is 9.10. The van der Waals surface area contributed by atoms with Gasteiger partial charge in [-0.1, -0.05) is 58.4 Å². The number of ketones is 2. The minimum Gasteiger partial charge on any atom is -0.349 e. The molecule has 2 saturated heterocycles. The summed E-state index contributed by atoms with van der Waals surface area (Å²) in [6.07, 6.45) is -0.928. The van der Waals surface area contributed by atoms with E-state index >= 15 is 0 Å². The molecule has 6 nitrogen and oxygen atoms in total. The van der Waals surface area contributed by atoms with Gasteiger partial charge in [-0.25, -0.2) is 4.90 Å². The number of nitrogens with zero attached hydrogens (tertiary/aromatic N) is 1. The summed E-state index contributed by atoms with van der Waals surface area (Å²) in [4.78, 5) is 56.5. The molecule has 0 saturated carbocycles. The summed E-state index contributed by atoms with van der Waals surface area (Å²) in [5.74, 6) is -4.43. The Balaban J connectivity index is 1.55. The van der Waals surface area contributed by atoms with E-state index in [1.54, 1.807) is 60.7 Å². The van der Waals surface area contributed by atoms with Gasteiger partial charge in [-0.3, -0.25) is 19.2 Å². The number of amides is 2. The minimum absolute atomic E-state index is 0.220. The number of carbonyl (C=O) groups excluding carboxylic acids is 4. The summed E-state index contributed by atoms with van der Waals surface area (Å²) in [7, 11) is 0. The molecule has 2 heterocycles. The van der Waals surface area contributed by atoms with Crippen LogP contribution in [0, 0.1) is 25.7 Å². The molecule has 7 heteroatoms. The van der Waals surface area contributed by atoms with Crippen LogP contribution in [0.15, 0.2) is 71.2 Å². The predicted molar refractivity (Wildman–Crippen MR) is 131 cm³/mol. The van der Waals surface area contributed by atoms with Gasteiger partial charge in [0.15, 0.2) is 0 Å². The third-order valence-electron chi connectivity index (χ3n) is 7.18. The van der Waals surface area contributed by atoms with Gasteiger partial charge < -0.3 is 4.74 Å². The number of carbonyl (C=O) groups is 4. The monoisotopic (exact) mass is 529 g/mol. The molecule has 1 spiro atoms. The molecular weight excluding hydrogens is 510 g/mol. The summed E-state index contributed by atoms with van der Waals surface area (Å²) >= 11 is 3.41. The van der Waals surface area contributed by atoms with Crippen molar-refractivity contribution >= 4 is 45.0 Å². The Morgan fingerprint density at radius 2 is 1.37 bits per heavy atom. The fourth-order valence-electron chi connectivity index (χ4n) is 5.80. The van der Waals surface area contributed by atoms with Crippen molar-refractivity contribution in [3.05, 3.63) is 99.0 Å². The zero-order chi connectivity index (χ0) is 24.6. The molecule has 174 valence electrons. The van der Waals surface area contributed by atoms with Crippen molar-refractivity contribution in [3.63, 3.8) is 0 Å². The number of imide groups is 1. The Bertz CT molecular complexity index is 1410. The third-order valence-corrected chi connectivity index (χ3v) is 7.71. The Morgan fingerprint density at radius 3 is 1.94 bits per heavy atom. The molecule has 3 atom stereocenters. The van der Waals surface area contributed by atoms with Gasteiger partial charge in [0.2, 0.25) is 29.0 Å². The first-order valence-corrected chi connectivity index (χ1v) is 12.1. The van der Waals surface area contributed by atoms with Crippen molar-refractivity contribution < 1.29 is 23.9 Å². The molecule has 2 fully saturated rings. The lowest BCUT2D eigenvalue weighted by atomic mass is 9.77. The summed E-state index contributed by atoms with van der Waals surface area (Å²) in [6, 6.07) is 19.1. The number of benzene rings is 3. The fourth-order valence-corrected chi connectivity index (χ4v) is 6.07. The lowest BCUT2D eigenvalue weighted by Crippen LogP contribution is -2.51. The third kappa shape index (κ3) is 2.91. The van der Waals surface area contributed by atoms with E-state index in [-0.39, 0.29) is 11.1 Å². The fraction of sp³-hybridized carbons (Fsp3) is 0.214. The van der Waals surface area contributed by atoms with E-state index in [9.17, 15) is 19.2 Å². The van der Waals surface area contributed by atoms with Crippen LogP contribution in [-0.4, -0.2) is 29.0 Å². The lowest BCUT2D eigenvalue weighted by Gasteiger charge is -2.27. The maximum Gasteiger partial charge on any atom is 0.241 e. The van der Waals surface area contributed by atoms with Crippen molar-refractivity contribution in [1.29, 1.82) is 0 Å². The second kappa shape index (κ2) is 7.54. The van der Waals surface area contributed by atoms with Gasteiger partial charge in [-0.15, -0.1) is 0 Å². The maximum atomic E-state index is 14.0. The van der Waals surface area contributed by atoms with Gasteiger partial charge in [0, 0.05) is 15.6 Å². The number of Topliss-reactive ketones (excluding diaryl/α,β-unsaturated/α-hetero) is 2. The Kier molecular flexibility index (Phi) is 4.75. The van der Waals surface area contributed by atoms with E-state index < -0.39 is 46.9 Å². The van der Waals surface area contributed by atoms with Crippen LogP contribution >= 0.6 is 15.9 Å². The molecule has 6 rings (SSSR count). The van der Waals surface area contributed by atoms with Gasteiger partial charge >= 0.3 is 0 Å². The van der Waals surface area contributed by atoms with Gasteiger partial charge in [-0.05, 0) is 54.8 Å². The molecule has 0 unspecified atom stereocenters. The molecule has 0 N–H and O–H groups in total. The highest BCUT2D eigenvalue weighted by atomic mass is 79.9. The molecule has 0 bridgehead atoms. The highest BCUT2D eigenvalue weighted by Gasteiger charge is 2.74. The Labute approximate surface area is 210 Å². The lowest BCUT2D eigenvalue weighted by molar-refractivity contribution is -0.127. The van der Waals surface area contributed by atoms with Crippen molar-refractivity contribution in [1.82, 2.24) is 0 Å². The van der Waals surface area contributed by atoms with E-state index in [4.69, 9.17) is 4.74 Å². The SMILES string of the molecule is Cc1cc(C)cc(N2C(=O)[C@@H]3[C@@H](c4ccc(Br)cc4)OC4(C(=O)c5ccccc5C4=O)[C@H]3C2=O)c1. The number of ether oxygens (including phenoxy) is 1. The van der Waals surface area contributed by atoms with Crippen LogP contribution in [0.2, 0.25) is 0 Å². The van der Waals surface area contributed by atoms with Crippen molar-refractivity contribution in [3.8, 4) is 0 Å². The van der Waals surface area contributed by atoms with Crippen LogP contribution in [0.5, 0.6) is 0 Å². The number of hydrogen-bond donors (Lipinski definition) is 0. The van der Waals surface area contributed by atoms with E-state index in [0.29, 0.717) is 11.3 Å². The number of hydrogen-bond acceptors (Lipinski definition) is 5. The molecule has 3 aromatic carbocycles. The second-order valence-corrected chi connectivity index (χ2v) is 10.3. The number of aryl methyl sites for hydroxylation is 2. The van der Waals surface area contributed by atoms with Crippen LogP contribution in [0.1, 0.15) is 43.5 Å². The molecule has 35 heavy (non-hydrogen) atoms. The van der Waals surface area contributed by atoms with Gasteiger partial charge in [-0.2, -0.15) is 0 Å². The van der Waals surface area contributed by atoms with Crippen LogP contribution < -0.4 is 4.90 Å². The Morgan fingerprint density at radius 1 is 0.800 bits per heavy atom. The summed E-state index contributed by atoms with van der Waals surface area (Å²) < 4.78 is 7.13. The highest BCUT2D eigenvalue weighted by Crippen LogP contribution is 2.57. The van der Waals surface area contributed by atoms with Crippen LogP contribution in [0.25, 0.3) is 0 Å². The molecule has 1 aliphatic carbocycles. The molecular formula is C28H20BrNO5. The largest absolute Gasteiger partial charge is 0.349 e. The zero-order valence-electron chi connectivity index (χ0n) is 18.9. The predicted octanol–water partition coefficient (Wildman–Crippen LogP) is 4.76. The van der Waals surface area contributed by atoms with Crippen molar-refractivity contribution in [2.45, 2.75) is 25.6 Å². The first-order valence-electron chi connectivity index (χ1n) is 11.3. The van der Waals surface area contributed by atoms with Gasteiger partial charge in [0.05, 0.1) is 23.6 Å². The Hall–Kier alpha value is -3.42. The van der Waals surface area contributed by atoms with Crippen LogP contribution in [0.3, 0.4) is 0 Å². The number of anilines is 1. The van der Waals surface area contributed by atoms with Crippen molar-refractivity contribution in [2.75, 3.05) is 4.90 Å². The molecule has 2 aliphatic heterocycles. The summed E-state index contributed by atoms with van der Waals surface area (Å²) in [6.45, 7) is 3.77. The molecule has 3 aliphatic rings. The van der Waals surface area contributed by atoms with E-state index in [1.807, 2.05) is 19.9 Å². The number of fused-ring (bicyclic) bond motifs is 3. The number of halogens is 1. The van der Waals surface area contributed by atoms with E-state index in [1.165, 1.54) is 0 Å². The van der Waals surface area contributed by atoms with E-state index in [2.05, 4.69) is 15.9 Å². The number of rotatable bonds is 2. The van der Waals surface area contributed by atoms with Gasteiger partial charge in [0.25, 0.3) is 0 Å². The van der Waals surface area contributed by atoms with Crippen molar-refractivity contribution in [2.24, 2.45) is 11.8 Å². The standard InChI is InChI=1S/C28H20BrNO5/c1-14-11-15(2)13-18(12-14)30-26(33)21-22(27(30)34)28(35-23(21)16-7-9-17(29)10-8-16)24(31)19-5-3-4-6-20(19)25(28)32/h3-13,21-23H,1-2H3/t21-,22+,23+/m0/s1. The van der Waals surface area contributed by atoms with Crippen LogP contribution in [-0.2, 0) is 14.3 Å². The zero-order valence-corrected chi connectivity index (χ0v) is 20.5. The average Bonchev–Trinajstić information content (AvgIpc) is 3.39. The minimum atomic E-state index is -2.06. The second-order valence-electron chi connectivity index (χ2n) is 9.39.